The van der Waals surface area contributed by atoms with Crippen LogP contribution in [0.2, 0.25) is 10.0 Å². The summed E-state index contributed by atoms with van der Waals surface area (Å²) in [7, 11) is 0. The highest BCUT2D eigenvalue weighted by molar-refractivity contribution is 9.10. The highest BCUT2D eigenvalue weighted by atomic mass is 79.9. The summed E-state index contributed by atoms with van der Waals surface area (Å²) in [5.41, 5.74) is 3.74. The van der Waals surface area contributed by atoms with Gasteiger partial charge in [0.2, 0.25) is 0 Å². The third-order valence-corrected chi connectivity index (χ3v) is 4.78. The van der Waals surface area contributed by atoms with Gasteiger partial charge in [0, 0.05) is 20.6 Å². The van der Waals surface area contributed by atoms with Gasteiger partial charge in [-0.2, -0.15) is 5.10 Å². The van der Waals surface area contributed by atoms with Crippen molar-refractivity contribution < 1.29 is 9.21 Å². The van der Waals surface area contributed by atoms with Gasteiger partial charge in [0.25, 0.3) is 5.91 Å². The van der Waals surface area contributed by atoms with Crippen molar-refractivity contribution in [3.8, 4) is 11.3 Å². The maximum atomic E-state index is 11.9. The molecule has 0 saturated heterocycles. The minimum Gasteiger partial charge on any atom is -0.455 e. The Kier molecular flexibility index (Phi) is 5.58. The number of hydrogen-bond donors (Lipinski definition) is 1. The van der Waals surface area contributed by atoms with Crippen LogP contribution in [0.4, 0.5) is 0 Å². The van der Waals surface area contributed by atoms with E-state index in [1.165, 1.54) is 6.21 Å². The average Bonchev–Trinajstić information content (AvgIpc) is 3.07. The summed E-state index contributed by atoms with van der Waals surface area (Å²) in [4.78, 5) is 11.9. The lowest BCUT2D eigenvalue weighted by Gasteiger charge is -2.00. The SMILES string of the molecule is O=C(N/N=C\c1ccc(-c2ccc(Br)c(Cl)c2)o1)c1ccc(Cl)cc1. The average molecular weight is 438 g/mol. The number of hydrazone groups is 1. The Bertz CT molecular complexity index is 937. The number of benzene rings is 2. The zero-order chi connectivity index (χ0) is 17.8. The lowest BCUT2D eigenvalue weighted by molar-refractivity contribution is 0.0955. The Morgan fingerprint density at radius 3 is 2.56 bits per heavy atom. The second kappa shape index (κ2) is 7.87. The van der Waals surface area contributed by atoms with Crippen LogP contribution >= 0.6 is 39.1 Å². The molecule has 7 heteroatoms. The van der Waals surface area contributed by atoms with Crippen LogP contribution in [0.3, 0.4) is 0 Å². The first-order valence-corrected chi connectivity index (χ1v) is 8.72. The predicted molar refractivity (Wildman–Crippen MR) is 103 cm³/mol. The minimum absolute atomic E-state index is 0.334. The minimum atomic E-state index is -0.334. The van der Waals surface area contributed by atoms with E-state index >= 15 is 0 Å². The molecule has 0 aliphatic heterocycles. The van der Waals surface area contributed by atoms with Crippen molar-refractivity contribution in [2.24, 2.45) is 5.10 Å². The topological polar surface area (TPSA) is 54.6 Å². The summed E-state index contributed by atoms with van der Waals surface area (Å²) < 4.78 is 6.49. The van der Waals surface area contributed by atoms with Crippen LogP contribution in [0, 0.1) is 0 Å². The molecule has 0 bridgehead atoms. The van der Waals surface area contributed by atoms with Gasteiger partial charge in [-0.25, -0.2) is 5.43 Å². The molecule has 2 aromatic carbocycles. The molecule has 0 fully saturated rings. The summed E-state index contributed by atoms with van der Waals surface area (Å²) in [5.74, 6) is 0.824. The van der Waals surface area contributed by atoms with E-state index in [0.29, 0.717) is 27.1 Å². The van der Waals surface area contributed by atoms with Crippen molar-refractivity contribution in [2.75, 3.05) is 0 Å². The summed E-state index contributed by atoms with van der Waals surface area (Å²) in [6.45, 7) is 0. The van der Waals surface area contributed by atoms with Gasteiger partial charge in [-0.3, -0.25) is 4.79 Å². The second-order valence-electron chi connectivity index (χ2n) is 5.04. The van der Waals surface area contributed by atoms with Gasteiger partial charge < -0.3 is 4.42 Å². The van der Waals surface area contributed by atoms with E-state index in [1.54, 1.807) is 36.4 Å². The normalized spacial score (nSPS) is 11.0. The van der Waals surface area contributed by atoms with E-state index in [4.69, 9.17) is 27.6 Å². The van der Waals surface area contributed by atoms with E-state index in [-0.39, 0.29) is 5.91 Å². The molecule has 1 aromatic heterocycles. The third kappa shape index (κ3) is 4.51. The van der Waals surface area contributed by atoms with E-state index in [2.05, 4.69) is 26.5 Å². The lowest BCUT2D eigenvalue weighted by atomic mass is 10.2. The Morgan fingerprint density at radius 1 is 1.08 bits per heavy atom. The van der Waals surface area contributed by atoms with Crippen molar-refractivity contribution in [1.82, 2.24) is 5.43 Å². The number of nitrogens with zero attached hydrogens (tertiary/aromatic N) is 1. The Hall–Kier alpha value is -2.08. The van der Waals surface area contributed by atoms with Crippen LogP contribution in [-0.4, -0.2) is 12.1 Å². The monoisotopic (exact) mass is 436 g/mol. The first-order chi connectivity index (χ1) is 12.0. The van der Waals surface area contributed by atoms with Crippen molar-refractivity contribution >= 4 is 51.3 Å². The molecule has 0 saturated carbocycles. The van der Waals surface area contributed by atoms with Crippen LogP contribution in [-0.2, 0) is 0 Å². The zero-order valence-corrected chi connectivity index (χ0v) is 15.8. The van der Waals surface area contributed by atoms with Crippen LogP contribution in [0.25, 0.3) is 11.3 Å². The molecular formula is C18H11BrCl2N2O2. The largest absolute Gasteiger partial charge is 0.455 e. The summed E-state index contributed by atoms with van der Waals surface area (Å²) >= 11 is 15.2. The van der Waals surface area contributed by atoms with Gasteiger partial charge in [0.15, 0.2) is 0 Å². The van der Waals surface area contributed by atoms with Gasteiger partial charge in [-0.1, -0.05) is 29.3 Å². The fraction of sp³-hybridized carbons (Fsp3) is 0. The number of carbonyl (C=O) groups is 1. The van der Waals surface area contributed by atoms with Gasteiger partial charge in [-0.05, 0) is 64.5 Å². The smallest absolute Gasteiger partial charge is 0.271 e. The number of nitrogens with one attached hydrogen (secondary N) is 1. The van der Waals surface area contributed by atoms with Gasteiger partial charge >= 0.3 is 0 Å². The molecule has 1 amide bonds. The van der Waals surface area contributed by atoms with Crippen LogP contribution < -0.4 is 5.43 Å². The van der Waals surface area contributed by atoms with Crippen molar-refractivity contribution in [2.45, 2.75) is 0 Å². The van der Waals surface area contributed by atoms with Crippen LogP contribution in [0.5, 0.6) is 0 Å². The van der Waals surface area contributed by atoms with E-state index in [9.17, 15) is 4.79 Å². The molecule has 0 unspecified atom stereocenters. The second-order valence-corrected chi connectivity index (χ2v) is 6.73. The highest BCUT2D eigenvalue weighted by Crippen LogP contribution is 2.29. The number of carbonyl (C=O) groups excluding carboxylic acids is 1. The molecule has 0 atom stereocenters. The van der Waals surface area contributed by atoms with Crippen molar-refractivity contribution in [1.29, 1.82) is 0 Å². The first-order valence-electron chi connectivity index (χ1n) is 7.17. The molecule has 0 spiro atoms. The number of furan rings is 1. The highest BCUT2D eigenvalue weighted by Gasteiger charge is 2.07. The van der Waals surface area contributed by atoms with Gasteiger partial charge in [-0.15, -0.1) is 0 Å². The molecule has 0 aliphatic rings. The van der Waals surface area contributed by atoms with E-state index in [1.807, 2.05) is 18.2 Å². The molecular weight excluding hydrogens is 427 g/mol. The number of halogens is 3. The zero-order valence-electron chi connectivity index (χ0n) is 12.7. The van der Waals surface area contributed by atoms with E-state index in [0.717, 1.165) is 10.0 Å². The summed E-state index contributed by atoms with van der Waals surface area (Å²) in [6, 6.07) is 15.6. The third-order valence-electron chi connectivity index (χ3n) is 3.30. The molecule has 1 heterocycles. The summed E-state index contributed by atoms with van der Waals surface area (Å²) in [5, 5.41) is 5.06. The molecule has 0 radical (unpaired) electrons. The molecule has 4 nitrogen and oxygen atoms in total. The number of amides is 1. The standard InChI is InChI=1S/C18H11BrCl2N2O2/c19-15-7-3-12(9-16(15)21)17-8-6-14(25-17)10-22-23-18(24)11-1-4-13(20)5-2-11/h1-10H,(H,23,24)/b22-10-. The maximum Gasteiger partial charge on any atom is 0.271 e. The fourth-order valence-corrected chi connectivity index (χ4v) is 2.60. The number of rotatable bonds is 4. The molecule has 25 heavy (non-hydrogen) atoms. The molecule has 3 aromatic rings. The molecule has 1 N–H and O–H groups in total. The van der Waals surface area contributed by atoms with Crippen molar-refractivity contribution in [3.05, 3.63) is 80.4 Å². The Balaban J connectivity index is 1.66. The molecule has 3 rings (SSSR count). The van der Waals surface area contributed by atoms with E-state index < -0.39 is 0 Å². The summed E-state index contributed by atoms with van der Waals surface area (Å²) in [6.07, 6.45) is 1.43. The lowest BCUT2D eigenvalue weighted by Crippen LogP contribution is -2.17. The Labute approximate surface area is 162 Å². The molecule has 0 aliphatic carbocycles. The maximum absolute atomic E-state index is 11.9. The Morgan fingerprint density at radius 2 is 1.84 bits per heavy atom. The van der Waals surface area contributed by atoms with Gasteiger partial charge in [0.05, 0.1) is 11.2 Å². The van der Waals surface area contributed by atoms with Gasteiger partial charge in [0.1, 0.15) is 11.5 Å². The molecule has 126 valence electrons. The first kappa shape index (κ1) is 17.7. The predicted octanol–water partition coefficient (Wildman–Crippen LogP) is 5.78. The van der Waals surface area contributed by atoms with Crippen molar-refractivity contribution in [3.63, 3.8) is 0 Å². The quantitative estimate of drug-likeness (QED) is 0.415. The van der Waals surface area contributed by atoms with Crippen LogP contribution in [0.1, 0.15) is 16.1 Å². The van der Waals surface area contributed by atoms with Crippen LogP contribution in [0.15, 0.2) is 68.6 Å². The fourth-order valence-electron chi connectivity index (χ4n) is 2.05. The number of hydrogen-bond acceptors (Lipinski definition) is 3.